The Balaban J connectivity index is 2.51. The smallest absolute Gasteiger partial charge is 0.324 e. The fourth-order valence-corrected chi connectivity index (χ4v) is 2.05. The van der Waals surface area contributed by atoms with Crippen LogP contribution in [0.1, 0.15) is 0 Å². The fraction of sp³-hybridized carbons (Fsp3) is 0. The van der Waals surface area contributed by atoms with Crippen LogP contribution in [0.15, 0.2) is 46.9 Å². The number of carbonyl (C=O) groups is 1. The maximum atomic E-state index is 11.6. The largest absolute Gasteiger partial charge is 0.505 e. The molecule has 0 aliphatic heterocycles. The van der Waals surface area contributed by atoms with Crippen molar-refractivity contribution in [3.63, 3.8) is 0 Å². The molecule has 0 spiro atoms. The number of phenols is 1. The molecule has 0 unspecified atom stereocenters. The maximum Gasteiger partial charge on any atom is 0.324 e. The molecule has 0 aliphatic rings. The van der Waals surface area contributed by atoms with E-state index in [9.17, 15) is 20.0 Å². The molecule has 0 fully saturated rings. The van der Waals surface area contributed by atoms with Crippen molar-refractivity contribution >= 4 is 39.0 Å². The predicted octanol–water partition coefficient (Wildman–Crippen LogP) is 3.28. The monoisotopic (exact) mass is 351 g/mol. The number of hydrogen-bond donors (Lipinski definition) is 2. The third kappa shape index (κ3) is 3.11. The van der Waals surface area contributed by atoms with Gasteiger partial charge in [-0.2, -0.15) is 0 Å². The van der Waals surface area contributed by atoms with Gasteiger partial charge in [-0.05, 0) is 30.3 Å². The van der Waals surface area contributed by atoms with Gasteiger partial charge >= 0.3 is 6.03 Å². The van der Waals surface area contributed by atoms with Gasteiger partial charge < -0.3 is 10.8 Å². The topological polar surface area (TPSA) is 110 Å². The zero-order valence-electron chi connectivity index (χ0n) is 10.6. The van der Waals surface area contributed by atoms with Crippen LogP contribution in [-0.2, 0) is 0 Å². The number of urea groups is 1. The zero-order chi connectivity index (χ0) is 15.6. The van der Waals surface area contributed by atoms with Gasteiger partial charge in [-0.15, -0.1) is 0 Å². The number of nitro benzene ring substituents is 1. The molecule has 2 rings (SSSR count). The van der Waals surface area contributed by atoms with Crippen molar-refractivity contribution in [2.45, 2.75) is 0 Å². The third-order valence-electron chi connectivity index (χ3n) is 2.72. The Kier molecular flexibility index (Phi) is 4.08. The van der Waals surface area contributed by atoms with Gasteiger partial charge in [0.15, 0.2) is 0 Å². The van der Waals surface area contributed by atoms with Crippen molar-refractivity contribution < 1.29 is 14.8 Å². The van der Waals surface area contributed by atoms with Gasteiger partial charge in [-0.1, -0.05) is 15.9 Å². The van der Waals surface area contributed by atoms with Gasteiger partial charge in [0.05, 0.1) is 22.4 Å². The number of primary amides is 1. The number of hydrogen-bond acceptors (Lipinski definition) is 4. The van der Waals surface area contributed by atoms with Crippen LogP contribution in [0.5, 0.6) is 5.75 Å². The van der Waals surface area contributed by atoms with E-state index in [0.29, 0.717) is 5.69 Å². The second-order valence-corrected chi connectivity index (χ2v) is 5.00. The van der Waals surface area contributed by atoms with Crippen LogP contribution in [0.3, 0.4) is 0 Å². The van der Waals surface area contributed by atoms with Gasteiger partial charge in [-0.3, -0.25) is 15.0 Å². The van der Waals surface area contributed by atoms with Gasteiger partial charge in [0.25, 0.3) is 5.69 Å². The van der Waals surface area contributed by atoms with E-state index in [1.807, 2.05) is 0 Å². The average Bonchev–Trinajstić information content (AvgIpc) is 2.42. The summed E-state index contributed by atoms with van der Waals surface area (Å²) in [6.45, 7) is 0. The highest BCUT2D eigenvalue weighted by Crippen LogP contribution is 2.35. The SMILES string of the molecule is NC(=O)N(c1ccc(Br)cc1)c1ccc([N+](=O)[O-])cc1O. The normalized spacial score (nSPS) is 10.1. The van der Waals surface area contributed by atoms with Crippen LogP contribution in [0.2, 0.25) is 0 Å². The number of phenolic OH excluding ortho intramolecular Hbond substituents is 1. The summed E-state index contributed by atoms with van der Waals surface area (Å²) in [5.41, 5.74) is 5.55. The summed E-state index contributed by atoms with van der Waals surface area (Å²) in [7, 11) is 0. The molecule has 0 saturated heterocycles. The Bertz CT molecular complexity index is 703. The van der Waals surface area contributed by atoms with E-state index in [1.165, 1.54) is 12.1 Å². The van der Waals surface area contributed by atoms with E-state index >= 15 is 0 Å². The minimum atomic E-state index is -0.818. The van der Waals surface area contributed by atoms with E-state index in [1.54, 1.807) is 24.3 Å². The Morgan fingerprint density at radius 3 is 2.33 bits per heavy atom. The first-order valence-corrected chi connectivity index (χ1v) is 6.52. The molecule has 108 valence electrons. The van der Waals surface area contributed by atoms with E-state index in [0.717, 1.165) is 15.4 Å². The Morgan fingerprint density at radius 1 is 1.24 bits per heavy atom. The van der Waals surface area contributed by atoms with Crippen LogP contribution in [0.25, 0.3) is 0 Å². The van der Waals surface area contributed by atoms with E-state index in [4.69, 9.17) is 5.73 Å². The van der Waals surface area contributed by atoms with Crippen molar-refractivity contribution in [2.75, 3.05) is 4.90 Å². The van der Waals surface area contributed by atoms with E-state index in [-0.39, 0.29) is 11.4 Å². The van der Waals surface area contributed by atoms with Crippen molar-refractivity contribution in [1.82, 2.24) is 0 Å². The lowest BCUT2D eigenvalue weighted by Crippen LogP contribution is -2.31. The number of non-ortho nitro benzene ring substituents is 1. The molecule has 0 aromatic heterocycles. The zero-order valence-corrected chi connectivity index (χ0v) is 12.1. The van der Waals surface area contributed by atoms with E-state index in [2.05, 4.69) is 15.9 Å². The van der Waals surface area contributed by atoms with Gasteiger partial charge in [-0.25, -0.2) is 4.79 Å². The summed E-state index contributed by atoms with van der Waals surface area (Å²) < 4.78 is 0.809. The lowest BCUT2D eigenvalue weighted by Gasteiger charge is -2.21. The summed E-state index contributed by atoms with van der Waals surface area (Å²) in [5, 5.41) is 20.6. The van der Waals surface area contributed by atoms with Crippen LogP contribution < -0.4 is 10.6 Å². The van der Waals surface area contributed by atoms with Crippen molar-refractivity contribution in [1.29, 1.82) is 0 Å². The first-order chi connectivity index (χ1) is 9.90. The highest BCUT2D eigenvalue weighted by molar-refractivity contribution is 9.10. The molecular formula is C13H10BrN3O4. The molecule has 0 heterocycles. The van der Waals surface area contributed by atoms with Crippen LogP contribution in [0.4, 0.5) is 21.9 Å². The number of nitrogens with zero attached hydrogens (tertiary/aromatic N) is 2. The summed E-state index contributed by atoms with van der Waals surface area (Å²) in [4.78, 5) is 22.7. The molecule has 0 saturated carbocycles. The number of amides is 2. The molecule has 2 aromatic carbocycles. The third-order valence-corrected chi connectivity index (χ3v) is 3.24. The fourth-order valence-electron chi connectivity index (χ4n) is 1.79. The lowest BCUT2D eigenvalue weighted by atomic mass is 10.2. The van der Waals surface area contributed by atoms with E-state index < -0.39 is 16.7 Å². The number of benzene rings is 2. The highest BCUT2D eigenvalue weighted by Gasteiger charge is 2.20. The minimum absolute atomic E-state index is 0.0652. The first kappa shape index (κ1) is 14.8. The molecule has 0 bridgehead atoms. The number of carbonyl (C=O) groups excluding carboxylic acids is 1. The van der Waals surface area contributed by atoms with Gasteiger partial charge in [0.2, 0.25) is 0 Å². The number of rotatable bonds is 3. The number of halogens is 1. The second-order valence-electron chi connectivity index (χ2n) is 4.08. The molecule has 2 amide bonds. The van der Waals surface area contributed by atoms with Crippen molar-refractivity contribution in [3.8, 4) is 5.75 Å². The summed E-state index contributed by atoms with van der Waals surface area (Å²) in [6.07, 6.45) is 0. The number of nitrogens with two attached hydrogens (primary N) is 1. The maximum absolute atomic E-state index is 11.6. The van der Waals surface area contributed by atoms with Gasteiger partial charge in [0.1, 0.15) is 5.75 Å². The van der Waals surface area contributed by atoms with Crippen LogP contribution >= 0.6 is 15.9 Å². The first-order valence-electron chi connectivity index (χ1n) is 5.72. The van der Waals surface area contributed by atoms with Gasteiger partial charge in [0, 0.05) is 10.5 Å². The molecule has 7 nitrogen and oxygen atoms in total. The summed E-state index contributed by atoms with van der Waals surface area (Å²) in [5.74, 6) is -0.411. The van der Waals surface area contributed by atoms with Crippen LogP contribution in [-0.4, -0.2) is 16.1 Å². The number of aromatic hydroxyl groups is 1. The standard InChI is InChI=1S/C13H10BrN3O4/c14-8-1-3-9(4-2-8)16(13(15)19)11-6-5-10(17(20)21)7-12(11)18/h1-7,18H,(H2,15,19). The molecule has 0 aliphatic carbocycles. The average molecular weight is 352 g/mol. The number of anilines is 2. The molecular weight excluding hydrogens is 342 g/mol. The molecule has 0 atom stereocenters. The Morgan fingerprint density at radius 2 is 1.86 bits per heavy atom. The molecule has 21 heavy (non-hydrogen) atoms. The highest BCUT2D eigenvalue weighted by atomic mass is 79.9. The summed E-state index contributed by atoms with van der Waals surface area (Å²) >= 11 is 3.27. The Labute approximate surface area is 127 Å². The van der Waals surface area contributed by atoms with Crippen molar-refractivity contribution in [3.05, 3.63) is 57.1 Å². The minimum Gasteiger partial charge on any atom is -0.505 e. The van der Waals surface area contributed by atoms with Crippen LogP contribution in [0, 0.1) is 10.1 Å². The van der Waals surface area contributed by atoms with Crippen molar-refractivity contribution in [2.24, 2.45) is 5.73 Å². The molecule has 2 aromatic rings. The molecule has 3 N–H and O–H groups in total. The summed E-state index contributed by atoms with van der Waals surface area (Å²) in [6, 6.07) is 9.24. The second kappa shape index (κ2) is 5.80. The number of nitro groups is 1. The molecule has 8 heteroatoms. The lowest BCUT2D eigenvalue weighted by molar-refractivity contribution is -0.384. The molecule has 0 radical (unpaired) electrons. The Hall–Kier alpha value is -2.61. The predicted molar refractivity (Wildman–Crippen MR) is 80.6 cm³/mol. The quantitative estimate of drug-likeness (QED) is 0.652.